The average molecular weight is 170 g/mol. The predicted octanol–water partition coefficient (Wildman–Crippen LogP) is -0.0193. The number of nitrogens with one attached hydrogen (secondary N) is 1. The summed E-state index contributed by atoms with van der Waals surface area (Å²) in [4.78, 5) is 0. The highest BCUT2D eigenvalue weighted by Crippen LogP contribution is 2.34. The Morgan fingerprint density at radius 2 is 2.17 bits per heavy atom. The van der Waals surface area contributed by atoms with Gasteiger partial charge in [-0.2, -0.15) is 0 Å². The highest BCUT2D eigenvalue weighted by Gasteiger charge is 2.40. The first kappa shape index (κ1) is 8.48. The highest BCUT2D eigenvalue weighted by atomic mass is 16.3. The van der Waals surface area contributed by atoms with Gasteiger partial charge >= 0.3 is 0 Å². The third-order valence-electron chi connectivity index (χ3n) is 3.09. The summed E-state index contributed by atoms with van der Waals surface area (Å²) in [5.74, 6) is 0. The highest BCUT2D eigenvalue weighted by molar-refractivity contribution is 4.97. The molecule has 0 aromatic rings. The molecule has 0 bridgehead atoms. The summed E-state index contributed by atoms with van der Waals surface area (Å²) in [5, 5.41) is 12.9. The Kier molecular flexibility index (Phi) is 2.10. The van der Waals surface area contributed by atoms with Gasteiger partial charge in [-0.15, -0.1) is 0 Å². The van der Waals surface area contributed by atoms with Gasteiger partial charge in [-0.25, -0.2) is 0 Å². The minimum Gasteiger partial charge on any atom is -0.389 e. The number of rotatable bonds is 3. The topological polar surface area (TPSA) is 58.3 Å². The second-order valence-corrected chi connectivity index (χ2v) is 4.31. The van der Waals surface area contributed by atoms with Crippen LogP contribution < -0.4 is 11.1 Å². The lowest BCUT2D eigenvalue weighted by molar-refractivity contribution is 0.142. The molecule has 2 atom stereocenters. The predicted molar refractivity (Wildman–Crippen MR) is 47.8 cm³/mol. The molecule has 0 heterocycles. The molecule has 4 N–H and O–H groups in total. The Balaban J connectivity index is 1.72. The molecule has 0 aliphatic heterocycles. The maximum Gasteiger partial charge on any atom is 0.0773 e. The lowest BCUT2D eigenvalue weighted by Gasteiger charge is -2.19. The number of aliphatic hydroxyl groups is 1. The Morgan fingerprint density at radius 1 is 1.42 bits per heavy atom. The van der Waals surface area contributed by atoms with Crippen molar-refractivity contribution < 1.29 is 5.11 Å². The first-order chi connectivity index (χ1) is 5.70. The third kappa shape index (κ3) is 1.79. The summed E-state index contributed by atoms with van der Waals surface area (Å²) < 4.78 is 0. The maximum atomic E-state index is 9.57. The van der Waals surface area contributed by atoms with Crippen LogP contribution in [-0.4, -0.2) is 29.3 Å². The van der Waals surface area contributed by atoms with E-state index in [1.54, 1.807) is 0 Å². The SMILES string of the molecule is NC1CCCC1NCC1(O)CC1. The van der Waals surface area contributed by atoms with Crippen molar-refractivity contribution in [1.29, 1.82) is 0 Å². The van der Waals surface area contributed by atoms with Crippen molar-refractivity contribution in [3.63, 3.8) is 0 Å². The van der Waals surface area contributed by atoms with E-state index in [1.807, 2.05) is 0 Å². The van der Waals surface area contributed by atoms with Crippen LogP contribution in [0.5, 0.6) is 0 Å². The van der Waals surface area contributed by atoms with Gasteiger partial charge in [-0.05, 0) is 25.7 Å². The first-order valence-electron chi connectivity index (χ1n) is 4.91. The average Bonchev–Trinajstić information content (AvgIpc) is 2.61. The molecule has 0 radical (unpaired) electrons. The lowest BCUT2D eigenvalue weighted by atomic mass is 10.2. The zero-order chi connectivity index (χ0) is 8.60. The molecule has 2 aliphatic carbocycles. The van der Waals surface area contributed by atoms with Gasteiger partial charge in [0.2, 0.25) is 0 Å². The summed E-state index contributed by atoms with van der Waals surface area (Å²) in [6.45, 7) is 0.741. The second-order valence-electron chi connectivity index (χ2n) is 4.31. The smallest absolute Gasteiger partial charge is 0.0773 e. The van der Waals surface area contributed by atoms with Crippen molar-refractivity contribution in [2.24, 2.45) is 5.73 Å². The molecule has 0 aromatic carbocycles. The molecule has 2 fully saturated rings. The number of hydrogen-bond acceptors (Lipinski definition) is 3. The minimum atomic E-state index is -0.373. The van der Waals surface area contributed by atoms with Gasteiger partial charge < -0.3 is 16.2 Å². The van der Waals surface area contributed by atoms with E-state index in [1.165, 1.54) is 12.8 Å². The molecule has 3 nitrogen and oxygen atoms in total. The molecule has 3 heteroatoms. The normalized spacial score (nSPS) is 38.5. The van der Waals surface area contributed by atoms with Crippen molar-refractivity contribution in [1.82, 2.24) is 5.32 Å². The van der Waals surface area contributed by atoms with Crippen LogP contribution in [0.4, 0.5) is 0 Å². The van der Waals surface area contributed by atoms with Gasteiger partial charge in [0.15, 0.2) is 0 Å². The second kappa shape index (κ2) is 2.98. The molecule has 2 saturated carbocycles. The molecule has 0 spiro atoms. The molecule has 0 amide bonds. The van der Waals surface area contributed by atoms with Gasteiger partial charge in [0.1, 0.15) is 0 Å². The molecule has 2 unspecified atom stereocenters. The molecular weight excluding hydrogens is 152 g/mol. The Hall–Kier alpha value is -0.120. The molecule has 70 valence electrons. The van der Waals surface area contributed by atoms with Gasteiger partial charge in [-0.3, -0.25) is 0 Å². The zero-order valence-electron chi connectivity index (χ0n) is 7.42. The van der Waals surface area contributed by atoms with E-state index in [2.05, 4.69) is 5.32 Å². The van der Waals surface area contributed by atoms with Gasteiger partial charge in [0.05, 0.1) is 5.60 Å². The molecule has 0 saturated heterocycles. The van der Waals surface area contributed by atoms with Gasteiger partial charge in [0.25, 0.3) is 0 Å². The fraction of sp³-hybridized carbons (Fsp3) is 1.00. The van der Waals surface area contributed by atoms with Crippen LogP contribution in [0.1, 0.15) is 32.1 Å². The van der Waals surface area contributed by atoms with Crippen LogP contribution in [0.25, 0.3) is 0 Å². The fourth-order valence-electron chi connectivity index (χ4n) is 1.88. The van der Waals surface area contributed by atoms with Gasteiger partial charge in [0, 0.05) is 18.6 Å². The number of hydrogen-bond donors (Lipinski definition) is 3. The van der Waals surface area contributed by atoms with E-state index in [0.29, 0.717) is 12.1 Å². The fourth-order valence-corrected chi connectivity index (χ4v) is 1.88. The largest absolute Gasteiger partial charge is 0.389 e. The Bertz CT molecular complexity index is 168. The monoisotopic (exact) mass is 170 g/mol. The molecule has 2 rings (SSSR count). The van der Waals surface area contributed by atoms with Crippen molar-refractivity contribution in [2.45, 2.75) is 49.8 Å². The molecule has 2 aliphatic rings. The number of nitrogens with two attached hydrogens (primary N) is 1. The molecule has 0 aromatic heterocycles. The van der Waals surface area contributed by atoms with Gasteiger partial charge in [-0.1, -0.05) is 6.42 Å². The first-order valence-corrected chi connectivity index (χ1v) is 4.91. The summed E-state index contributed by atoms with van der Waals surface area (Å²) in [7, 11) is 0. The molecular formula is C9H18N2O. The van der Waals surface area contributed by atoms with E-state index >= 15 is 0 Å². The molecule has 12 heavy (non-hydrogen) atoms. The van der Waals surface area contributed by atoms with Crippen LogP contribution in [0.15, 0.2) is 0 Å². The Morgan fingerprint density at radius 3 is 2.67 bits per heavy atom. The maximum absolute atomic E-state index is 9.57. The van der Waals surface area contributed by atoms with E-state index in [0.717, 1.165) is 25.8 Å². The van der Waals surface area contributed by atoms with Crippen molar-refractivity contribution in [3.05, 3.63) is 0 Å². The van der Waals surface area contributed by atoms with Crippen LogP contribution in [0.3, 0.4) is 0 Å². The summed E-state index contributed by atoms with van der Waals surface area (Å²) in [6.07, 6.45) is 5.47. The Labute approximate surface area is 73.3 Å². The zero-order valence-corrected chi connectivity index (χ0v) is 7.42. The van der Waals surface area contributed by atoms with Crippen molar-refractivity contribution in [3.8, 4) is 0 Å². The standard InChI is InChI=1S/C9H18N2O/c10-7-2-1-3-8(7)11-6-9(12)4-5-9/h7-8,11-12H,1-6,10H2. The summed E-state index contributed by atoms with van der Waals surface area (Å²) in [5.41, 5.74) is 5.51. The quantitative estimate of drug-likeness (QED) is 0.558. The van der Waals surface area contributed by atoms with Crippen LogP contribution in [-0.2, 0) is 0 Å². The van der Waals surface area contributed by atoms with E-state index in [9.17, 15) is 5.11 Å². The van der Waals surface area contributed by atoms with E-state index in [-0.39, 0.29) is 5.60 Å². The van der Waals surface area contributed by atoms with E-state index in [4.69, 9.17) is 5.73 Å². The van der Waals surface area contributed by atoms with Crippen LogP contribution >= 0.6 is 0 Å². The third-order valence-corrected chi connectivity index (χ3v) is 3.09. The van der Waals surface area contributed by atoms with E-state index < -0.39 is 0 Å². The minimum absolute atomic E-state index is 0.312. The van der Waals surface area contributed by atoms with Crippen LogP contribution in [0.2, 0.25) is 0 Å². The van der Waals surface area contributed by atoms with Crippen molar-refractivity contribution >= 4 is 0 Å². The summed E-state index contributed by atoms with van der Waals surface area (Å²) >= 11 is 0. The lowest BCUT2D eigenvalue weighted by Crippen LogP contribution is -2.44. The van der Waals surface area contributed by atoms with Crippen LogP contribution in [0, 0.1) is 0 Å². The summed E-state index contributed by atoms with van der Waals surface area (Å²) in [6, 6.07) is 0.766. The van der Waals surface area contributed by atoms with Crippen molar-refractivity contribution in [2.75, 3.05) is 6.54 Å².